The van der Waals surface area contributed by atoms with Gasteiger partial charge >= 0.3 is 0 Å². The Morgan fingerprint density at radius 2 is 2.16 bits per heavy atom. The molecule has 0 saturated carbocycles. The van der Waals surface area contributed by atoms with Crippen LogP contribution in [0.15, 0.2) is 24.3 Å². The topological polar surface area (TPSA) is 32.3 Å². The zero-order chi connectivity index (χ0) is 13.8. The highest BCUT2D eigenvalue weighted by atomic mass is 16.2. The zero-order valence-electron chi connectivity index (χ0n) is 12.1. The van der Waals surface area contributed by atoms with Gasteiger partial charge in [0.1, 0.15) is 0 Å². The van der Waals surface area contributed by atoms with E-state index in [1.807, 2.05) is 17.0 Å². The van der Waals surface area contributed by atoms with Crippen LogP contribution < -0.4 is 10.2 Å². The molecule has 3 nitrogen and oxygen atoms in total. The van der Waals surface area contributed by atoms with E-state index in [9.17, 15) is 4.79 Å². The molecule has 1 atom stereocenters. The normalized spacial score (nSPS) is 17.9. The Hall–Kier alpha value is -1.35. The average molecular weight is 260 g/mol. The van der Waals surface area contributed by atoms with Gasteiger partial charge in [0.05, 0.1) is 0 Å². The molecule has 1 unspecified atom stereocenters. The number of hydrogen-bond acceptors (Lipinski definition) is 2. The van der Waals surface area contributed by atoms with E-state index in [0.29, 0.717) is 18.5 Å². The molecule has 0 aliphatic carbocycles. The average Bonchev–Trinajstić information content (AvgIpc) is 2.70. The van der Waals surface area contributed by atoms with Crippen molar-refractivity contribution < 1.29 is 4.79 Å². The number of carbonyl (C=O) groups is 1. The van der Waals surface area contributed by atoms with Crippen LogP contribution in [-0.4, -0.2) is 24.5 Å². The number of hydrogen-bond donors (Lipinski definition) is 1. The van der Waals surface area contributed by atoms with Crippen LogP contribution in [0.1, 0.15) is 39.2 Å². The maximum absolute atomic E-state index is 12.4. The van der Waals surface area contributed by atoms with Crippen LogP contribution in [0.3, 0.4) is 0 Å². The fraction of sp³-hybridized carbons (Fsp3) is 0.562. The Morgan fingerprint density at radius 1 is 1.42 bits per heavy atom. The summed E-state index contributed by atoms with van der Waals surface area (Å²) in [6, 6.07) is 9.02. The molecule has 2 rings (SSSR count). The van der Waals surface area contributed by atoms with Crippen molar-refractivity contribution in [3.63, 3.8) is 0 Å². The molecule has 3 heteroatoms. The van der Waals surface area contributed by atoms with Crippen LogP contribution in [0, 0.1) is 0 Å². The summed E-state index contributed by atoms with van der Waals surface area (Å²) in [7, 11) is 0. The van der Waals surface area contributed by atoms with E-state index < -0.39 is 0 Å². The highest BCUT2D eigenvalue weighted by molar-refractivity contribution is 5.96. The lowest BCUT2D eigenvalue weighted by atomic mass is 10.1. The van der Waals surface area contributed by atoms with Crippen LogP contribution in [0.2, 0.25) is 0 Å². The van der Waals surface area contributed by atoms with Crippen molar-refractivity contribution in [2.75, 3.05) is 11.4 Å². The number of carbonyl (C=O) groups excluding carboxylic acids is 1. The first-order valence-corrected chi connectivity index (χ1v) is 7.23. The Balaban J connectivity index is 1.92. The third-order valence-corrected chi connectivity index (χ3v) is 3.60. The Bertz CT molecular complexity index is 442. The zero-order valence-corrected chi connectivity index (χ0v) is 12.1. The summed E-state index contributed by atoms with van der Waals surface area (Å²) < 4.78 is 0. The predicted molar refractivity (Wildman–Crippen MR) is 79.5 cm³/mol. The summed E-state index contributed by atoms with van der Waals surface area (Å²) in [5.41, 5.74) is 2.40. The molecule has 104 valence electrons. The van der Waals surface area contributed by atoms with Gasteiger partial charge < -0.3 is 10.2 Å². The van der Waals surface area contributed by atoms with Gasteiger partial charge in [-0.15, -0.1) is 0 Å². The highest BCUT2D eigenvalue weighted by Crippen LogP contribution is 2.32. The van der Waals surface area contributed by atoms with Crippen LogP contribution in [0.25, 0.3) is 0 Å². The largest absolute Gasteiger partial charge is 0.315 e. The predicted octanol–water partition coefficient (Wildman–Crippen LogP) is 2.74. The van der Waals surface area contributed by atoms with Crippen LogP contribution in [0.5, 0.6) is 0 Å². The Labute approximate surface area is 116 Å². The number of fused-ring (bicyclic) bond motifs is 1. The molecule has 1 aromatic rings. The molecule has 19 heavy (non-hydrogen) atoms. The molecule has 0 bridgehead atoms. The van der Waals surface area contributed by atoms with E-state index in [4.69, 9.17) is 0 Å². The second-order valence-electron chi connectivity index (χ2n) is 5.66. The minimum absolute atomic E-state index is 0.253. The van der Waals surface area contributed by atoms with Crippen LogP contribution >= 0.6 is 0 Å². The number of benzene rings is 1. The Kier molecular flexibility index (Phi) is 4.59. The maximum atomic E-state index is 12.4. The summed E-state index contributed by atoms with van der Waals surface area (Å²) >= 11 is 0. The van der Waals surface area contributed by atoms with Crippen molar-refractivity contribution in [1.82, 2.24) is 5.32 Å². The van der Waals surface area contributed by atoms with E-state index in [0.717, 1.165) is 25.1 Å². The van der Waals surface area contributed by atoms with E-state index in [1.54, 1.807) is 0 Å². The smallest absolute Gasteiger partial charge is 0.227 e. The summed E-state index contributed by atoms with van der Waals surface area (Å²) in [4.78, 5) is 14.3. The summed E-state index contributed by atoms with van der Waals surface area (Å²) in [5.74, 6) is 0.253. The summed E-state index contributed by atoms with van der Waals surface area (Å²) in [6.07, 6.45) is 2.51. The first-order chi connectivity index (χ1) is 9.09. The van der Waals surface area contributed by atoms with Gasteiger partial charge in [-0.3, -0.25) is 4.79 Å². The van der Waals surface area contributed by atoms with Crippen LogP contribution in [-0.2, 0) is 11.2 Å². The van der Waals surface area contributed by atoms with Gasteiger partial charge in [0, 0.05) is 24.2 Å². The van der Waals surface area contributed by atoms with Gasteiger partial charge in [-0.05, 0) is 37.9 Å². The third-order valence-electron chi connectivity index (χ3n) is 3.60. The summed E-state index contributed by atoms with van der Waals surface area (Å²) in [6.45, 7) is 7.29. The minimum atomic E-state index is 0.253. The number of amides is 1. The first-order valence-electron chi connectivity index (χ1n) is 7.23. The molecule has 0 fully saturated rings. The van der Waals surface area contributed by atoms with Crippen molar-refractivity contribution in [2.24, 2.45) is 0 Å². The number of anilines is 1. The molecule has 1 aliphatic rings. The molecule has 1 heterocycles. The molecule has 0 aromatic heterocycles. The Morgan fingerprint density at radius 3 is 2.89 bits per heavy atom. The number of nitrogens with zero attached hydrogens (tertiary/aromatic N) is 1. The SMILES string of the molecule is CC(C)NCCCC(=O)N1c2ccccc2CC1C. The molecular formula is C16H24N2O. The van der Waals surface area contributed by atoms with Gasteiger partial charge in [-0.2, -0.15) is 0 Å². The van der Waals surface area contributed by atoms with E-state index in [-0.39, 0.29) is 5.91 Å². The van der Waals surface area contributed by atoms with E-state index in [2.05, 4.69) is 38.2 Å². The fourth-order valence-electron chi connectivity index (χ4n) is 2.70. The second kappa shape index (κ2) is 6.20. The minimum Gasteiger partial charge on any atom is -0.315 e. The van der Waals surface area contributed by atoms with Gasteiger partial charge in [-0.25, -0.2) is 0 Å². The van der Waals surface area contributed by atoms with Crippen LogP contribution in [0.4, 0.5) is 5.69 Å². The monoisotopic (exact) mass is 260 g/mol. The standard InChI is InChI=1S/C16H24N2O/c1-12(2)17-10-6-9-16(19)18-13(3)11-14-7-4-5-8-15(14)18/h4-5,7-8,12-13,17H,6,9-11H2,1-3H3. The molecule has 1 aliphatic heterocycles. The van der Waals surface area contributed by atoms with Gasteiger partial charge in [0.25, 0.3) is 0 Å². The maximum Gasteiger partial charge on any atom is 0.227 e. The number of rotatable bonds is 5. The molecule has 1 amide bonds. The van der Waals surface area contributed by atoms with Crippen molar-refractivity contribution in [3.8, 4) is 0 Å². The molecule has 0 saturated heterocycles. The quantitative estimate of drug-likeness (QED) is 0.826. The first kappa shape index (κ1) is 14.1. The lowest BCUT2D eigenvalue weighted by Crippen LogP contribution is -2.36. The van der Waals surface area contributed by atoms with E-state index >= 15 is 0 Å². The molecular weight excluding hydrogens is 236 g/mol. The van der Waals surface area contributed by atoms with Gasteiger partial charge in [-0.1, -0.05) is 32.0 Å². The van der Waals surface area contributed by atoms with Crippen molar-refractivity contribution in [1.29, 1.82) is 0 Å². The van der Waals surface area contributed by atoms with E-state index in [1.165, 1.54) is 5.56 Å². The summed E-state index contributed by atoms with van der Waals surface area (Å²) in [5, 5.41) is 3.35. The highest BCUT2D eigenvalue weighted by Gasteiger charge is 2.29. The van der Waals surface area contributed by atoms with Crippen molar-refractivity contribution in [3.05, 3.63) is 29.8 Å². The van der Waals surface area contributed by atoms with Gasteiger partial charge in [0.2, 0.25) is 5.91 Å². The van der Waals surface area contributed by atoms with Crippen molar-refractivity contribution in [2.45, 2.75) is 52.1 Å². The number of para-hydroxylation sites is 1. The lowest BCUT2D eigenvalue weighted by Gasteiger charge is -2.23. The number of nitrogens with one attached hydrogen (secondary N) is 1. The fourth-order valence-corrected chi connectivity index (χ4v) is 2.70. The molecule has 0 spiro atoms. The molecule has 1 aromatic carbocycles. The molecule has 1 N–H and O–H groups in total. The second-order valence-corrected chi connectivity index (χ2v) is 5.66. The van der Waals surface area contributed by atoms with Crippen molar-refractivity contribution >= 4 is 11.6 Å². The lowest BCUT2D eigenvalue weighted by molar-refractivity contribution is -0.119. The third kappa shape index (κ3) is 3.35. The van der Waals surface area contributed by atoms with Gasteiger partial charge in [0.15, 0.2) is 0 Å². The molecule has 0 radical (unpaired) electrons.